The molecule has 0 radical (unpaired) electrons. The second-order valence-electron chi connectivity index (χ2n) is 6.79. The van der Waals surface area contributed by atoms with E-state index in [1.165, 1.54) is 6.20 Å². The quantitative estimate of drug-likeness (QED) is 0.725. The number of aromatic nitrogens is 2. The average molecular weight is 411 g/mol. The number of fused-ring (bicyclic) bond motifs is 1. The highest BCUT2D eigenvalue weighted by molar-refractivity contribution is 5.95. The van der Waals surface area contributed by atoms with E-state index in [0.29, 0.717) is 56.8 Å². The summed E-state index contributed by atoms with van der Waals surface area (Å²) < 4.78 is 5.61. The van der Waals surface area contributed by atoms with E-state index >= 15 is 0 Å². The van der Waals surface area contributed by atoms with Crippen molar-refractivity contribution in [3.63, 3.8) is 0 Å². The van der Waals surface area contributed by atoms with E-state index in [1.807, 2.05) is 0 Å². The minimum Gasteiger partial charge on any atom is -0.489 e. The Morgan fingerprint density at radius 3 is 2.63 bits per heavy atom. The summed E-state index contributed by atoms with van der Waals surface area (Å²) in [6, 6.07) is 6.68. The third-order valence-electron chi connectivity index (χ3n) is 4.60. The van der Waals surface area contributed by atoms with E-state index in [0.717, 1.165) is 0 Å². The van der Waals surface area contributed by atoms with Crippen LogP contribution in [0.15, 0.2) is 42.9 Å². The average Bonchev–Trinajstić information content (AvgIpc) is 2.78. The highest BCUT2D eigenvalue weighted by Gasteiger charge is 2.18. The van der Waals surface area contributed by atoms with E-state index in [4.69, 9.17) is 4.74 Å². The van der Waals surface area contributed by atoms with Gasteiger partial charge in [0.25, 0.3) is 11.8 Å². The number of rotatable bonds is 1. The van der Waals surface area contributed by atoms with E-state index in [9.17, 15) is 14.4 Å². The van der Waals surface area contributed by atoms with Gasteiger partial charge in [0, 0.05) is 50.2 Å². The number of nitrogens with one attached hydrogen (secondary N) is 2. The minimum absolute atomic E-state index is 0.105. The maximum Gasteiger partial charge on any atom is 0.273 e. The number of hydrogen-bond donors (Lipinski definition) is 2. The molecule has 3 heterocycles. The van der Waals surface area contributed by atoms with Crippen molar-refractivity contribution < 1.29 is 19.1 Å². The Labute approximate surface area is 174 Å². The summed E-state index contributed by atoms with van der Waals surface area (Å²) in [7, 11) is 0. The largest absolute Gasteiger partial charge is 0.489 e. The second-order valence-corrected chi connectivity index (χ2v) is 6.79. The zero-order valence-corrected chi connectivity index (χ0v) is 16.7. The number of hydrogen-bond acceptors (Lipinski definition) is 6. The predicted octanol–water partition coefficient (Wildman–Crippen LogP) is 1.03. The van der Waals surface area contributed by atoms with Crippen LogP contribution in [-0.2, 0) is 4.79 Å². The zero-order valence-electron chi connectivity index (χ0n) is 16.7. The van der Waals surface area contributed by atoms with E-state index < -0.39 is 0 Å². The molecule has 1 aliphatic rings. The molecule has 0 aliphatic carbocycles. The Hall–Kier alpha value is -3.49. The van der Waals surface area contributed by atoms with Gasteiger partial charge in [0.1, 0.15) is 6.61 Å². The van der Waals surface area contributed by atoms with E-state index in [1.54, 1.807) is 41.6 Å². The summed E-state index contributed by atoms with van der Waals surface area (Å²) in [6.45, 7) is 1.83. The van der Waals surface area contributed by atoms with Gasteiger partial charge in [-0.2, -0.15) is 0 Å². The Morgan fingerprint density at radius 1 is 1.00 bits per heavy atom. The molecule has 2 aromatic rings. The molecule has 0 atom stereocenters. The summed E-state index contributed by atoms with van der Waals surface area (Å²) in [5, 5.41) is 5.61. The van der Waals surface area contributed by atoms with Gasteiger partial charge in [-0.25, -0.2) is 4.98 Å². The zero-order chi connectivity index (χ0) is 21.2. The van der Waals surface area contributed by atoms with E-state index in [-0.39, 0.29) is 30.0 Å². The fourth-order valence-corrected chi connectivity index (χ4v) is 3.10. The third kappa shape index (κ3) is 6.00. The molecule has 2 N–H and O–H groups in total. The fourth-order valence-electron chi connectivity index (χ4n) is 3.10. The first-order valence-corrected chi connectivity index (χ1v) is 9.97. The van der Waals surface area contributed by atoms with Crippen LogP contribution < -0.4 is 15.4 Å². The summed E-state index contributed by atoms with van der Waals surface area (Å²) >= 11 is 0. The van der Waals surface area contributed by atoms with Crippen molar-refractivity contribution in [2.75, 3.05) is 32.8 Å². The van der Waals surface area contributed by atoms with Crippen molar-refractivity contribution in [3.05, 3.63) is 54.1 Å². The predicted molar refractivity (Wildman–Crippen MR) is 109 cm³/mol. The van der Waals surface area contributed by atoms with Crippen LogP contribution in [0, 0.1) is 0 Å². The summed E-state index contributed by atoms with van der Waals surface area (Å²) in [5.41, 5.74) is 0.740. The van der Waals surface area contributed by atoms with Gasteiger partial charge >= 0.3 is 0 Å². The Balaban J connectivity index is 1.69. The van der Waals surface area contributed by atoms with Crippen LogP contribution in [0.5, 0.6) is 5.75 Å². The number of carbonyl (C=O) groups excluding carboxylic acids is 3. The van der Waals surface area contributed by atoms with Crippen LogP contribution in [0.25, 0.3) is 0 Å². The highest BCUT2D eigenvalue weighted by atomic mass is 16.5. The Kier molecular flexibility index (Phi) is 7.71. The van der Waals surface area contributed by atoms with Crippen LogP contribution in [0.4, 0.5) is 0 Å². The van der Waals surface area contributed by atoms with Gasteiger partial charge < -0.3 is 20.3 Å². The second kappa shape index (κ2) is 10.9. The van der Waals surface area contributed by atoms with Crippen molar-refractivity contribution in [3.8, 4) is 5.75 Å². The van der Waals surface area contributed by atoms with Gasteiger partial charge in [0.05, 0.1) is 6.54 Å². The lowest BCUT2D eigenvalue weighted by Crippen LogP contribution is -2.36. The summed E-state index contributed by atoms with van der Waals surface area (Å²) in [6.07, 6.45) is 6.10. The Bertz CT molecular complexity index is 875. The molecule has 30 heavy (non-hydrogen) atoms. The molecule has 0 aromatic carbocycles. The number of ether oxygens (including phenoxy) is 1. The number of amides is 3. The Morgan fingerprint density at radius 2 is 1.80 bits per heavy atom. The molecule has 9 heteroatoms. The van der Waals surface area contributed by atoms with Crippen LogP contribution in [0.3, 0.4) is 0 Å². The van der Waals surface area contributed by atoms with Gasteiger partial charge in [-0.1, -0.05) is 0 Å². The van der Waals surface area contributed by atoms with Gasteiger partial charge in [-0.3, -0.25) is 19.4 Å². The maximum atomic E-state index is 12.8. The maximum absolute atomic E-state index is 12.8. The minimum atomic E-state index is -0.339. The monoisotopic (exact) mass is 411 g/mol. The lowest BCUT2D eigenvalue weighted by Gasteiger charge is -2.23. The fraction of sp³-hybridized carbons (Fsp3) is 0.381. The van der Waals surface area contributed by atoms with Crippen LogP contribution in [0.1, 0.15) is 40.1 Å². The molecule has 0 spiro atoms. The van der Waals surface area contributed by atoms with Gasteiger partial charge in [0.2, 0.25) is 5.91 Å². The van der Waals surface area contributed by atoms with Gasteiger partial charge in [0.15, 0.2) is 11.4 Å². The van der Waals surface area contributed by atoms with Crippen molar-refractivity contribution in [2.45, 2.75) is 19.3 Å². The molecule has 0 saturated carbocycles. The van der Waals surface area contributed by atoms with E-state index in [2.05, 4.69) is 20.6 Å². The molecule has 158 valence electrons. The number of pyridine rings is 2. The first-order chi connectivity index (χ1) is 14.6. The molecule has 0 bridgehead atoms. The van der Waals surface area contributed by atoms with Gasteiger partial charge in [-0.15, -0.1) is 0 Å². The third-order valence-corrected chi connectivity index (χ3v) is 4.60. The molecule has 1 aliphatic heterocycles. The topological polar surface area (TPSA) is 114 Å². The van der Waals surface area contributed by atoms with Crippen molar-refractivity contribution in [1.82, 2.24) is 25.5 Å². The number of nitrogens with zero attached hydrogens (tertiary/aromatic N) is 3. The van der Waals surface area contributed by atoms with Crippen LogP contribution >= 0.6 is 0 Å². The van der Waals surface area contributed by atoms with Crippen molar-refractivity contribution >= 4 is 17.7 Å². The SMILES string of the molecule is O=C1CCCN(C(=O)c2ccncc2)CCCNC(=O)c2ncccc2OCCN1. The normalized spacial score (nSPS) is 16.6. The van der Waals surface area contributed by atoms with Crippen LogP contribution in [0.2, 0.25) is 0 Å². The smallest absolute Gasteiger partial charge is 0.273 e. The van der Waals surface area contributed by atoms with Crippen molar-refractivity contribution in [1.29, 1.82) is 0 Å². The van der Waals surface area contributed by atoms with Crippen molar-refractivity contribution in [2.24, 2.45) is 0 Å². The molecule has 0 saturated heterocycles. The number of carbonyl (C=O) groups is 3. The van der Waals surface area contributed by atoms with Crippen LogP contribution in [-0.4, -0.2) is 65.4 Å². The summed E-state index contributed by atoms with van der Waals surface area (Å²) in [4.78, 5) is 47.1. The molecule has 2 aromatic heterocycles. The highest BCUT2D eigenvalue weighted by Crippen LogP contribution is 2.15. The lowest BCUT2D eigenvalue weighted by molar-refractivity contribution is -0.121. The molecular formula is C21H25N5O4. The standard InChI is InChI=1S/C21H25N5O4/c27-18-5-2-13-26(21(29)16-6-10-22-11-7-16)14-3-9-25-20(28)19-17(4-1-8-24-19)30-15-12-23-18/h1,4,6-8,10-11H,2-3,5,9,12-15H2,(H,23,27)(H,25,28). The first-order valence-electron chi connectivity index (χ1n) is 9.97. The molecule has 3 rings (SSSR count). The first kappa shape index (κ1) is 21.2. The molecule has 0 fully saturated rings. The summed E-state index contributed by atoms with van der Waals surface area (Å²) in [5.74, 6) is -0.198. The molecule has 0 unspecified atom stereocenters. The molecular weight excluding hydrogens is 386 g/mol. The molecule has 9 nitrogen and oxygen atoms in total. The van der Waals surface area contributed by atoms with Gasteiger partial charge in [-0.05, 0) is 37.1 Å². The molecule has 3 amide bonds. The lowest BCUT2D eigenvalue weighted by atomic mass is 10.2.